The summed E-state index contributed by atoms with van der Waals surface area (Å²) in [6, 6.07) is 0. The predicted molar refractivity (Wildman–Crippen MR) is 140 cm³/mol. The molecule has 1 unspecified atom stereocenters. The normalized spacial score (nSPS) is 12.1. The van der Waals surface area contributed by atoms with Gasteiger partial charge in [0.15, 0.2) is 0 Å². The smallest absolute Gasteiger partial charge is 0.0542 e. The van der Waals surface area contributed by atoms with Crippen molar-refractivity contribution in [2.75, 3.05) is 13.1 Å². The minimum absolute atomic E-state index is 0.213. The highest BCUT2D eigenvalue weighted by Gasteiger charge is 2.01. The fraction of sp³-hybridized carbons (Fsp3) is 1.00. The first-order valence-corrected chi connectivity index (χ1v) is 14.1. The average Bonchev–Trinajstić information content (AvgIpc) is 2.74. The maximum absolute atomic E-state index is 5.58. The Morgan fingerprint density at radius 3 is 0.733 bits per heavy atom. The number of hydrogen-bond acceptors (Lipinski definition) is 2. The van der Waals surface area contributed by atoms with Crippen molar-refractivity contribution in [1.29, 1.82) is 0 Å². The summed E-state index contributed by atoms with van der Waals surface area (Å²) in [5, 5.41) is 0. The Balaban J connectivity index is 0. The van der Waals surface area contributed by atoms with Crippen LogP contribution in [-0.4, -0.2) is 24.2 Å². The van der Waals surface area contributed by atoms with Crippen molar-refractivity contribution in [2.45, 2.75) is 169 Å². The zero-order chi connectivity index (χ0) is 22.7. The molecule has 1 atom stereocenters. The molecule has 184 valence electrons. The van der Waals surface area contributed by atoms with Crippen LogP contribution >= 0.6 is 0 Å². The minimum atomic E-state index is 0.213. The second-order valence-electron chi connectivity index (χ2n) is 9.33. The third-order valence-corrected chi connectivity index (χ3v) is 6.35. The molecule has 2 heteroatoms. The first-order valence-electron chi connectivity index (χ1n) is 14.1. The Bertz CT molecular complexity index is 254. The largest absolute Gasteiger partial charge is 0.316 e. The molecule has 0 aromatic rings. The van der Waals surface area contributed by atoms with Gasteiger partial charge >= 0.3 is 0 Å². The molecule has 0 amide bonds. The molecule has 0 aliphatic carbocycles. The topological polar surface area (TPSA) is 29.3 Å². The van der Waals surface area contributed by atoms with Crippen molar-refractivity contribution < 1.29 is 0 Å². The molecule has 0 saturated carbocycles. The quantitative estimate of drug-likeness (QED) is 0.138. The van der Waals surface area contributed by atoms with Gasteiger partial charge in [0.05, 0.1) is 6.17 Å². The summed E-state index contributed by atoms with van der Waals surface area (Å²) < 4.78 is 0. The van der Waals surface area contributed by atoms with Gasteiger partial charge in [0.2, 0.25) is 0 Å². The van der Waals surface area contributed by atoms with E-state index >= 15 is 0 Å². The molecule has 0 aliphatic rings. The monoisotopic (exact) mass is 426 g/mol. The van der Waals surface area contributed by atoms with E-state index in [-0.39, 0.29) is 6.17 Å². The molecular weight excluding hydrogens is 364 g/mol. The Morgan fingerprint density at radius 1 is 0.433 bits per heavy atom. The van der Waals surface area contributed by atoms with Crippen LogP contribution in [-0.2, 0) is 0 Å². The van der Waals surface area contributed by atoms with Gasteiger partial charge in [0.25, 0.3) is 0 Å². The molecule has 0 aromatic carbocycles. The lowest BCUT2D eigenvalue weighted by Crippen LogP contribution is -2.39. The van der Waals surface area contributed by atoms with Crippen LogP contribution in [0.15, 0.2) is 0 Å². The molecule has 0 rings (SSSR count). The predicted octanol–water partition coefficient (Wildman–Crippen LogP) is 9.46. The maximum Gasteiger partial charge on any atom is 0.0542 e. The van der Waals surface area contributed by atoms with E-state index in [1.807, 2.05) is 6.92 Å². The third-order valence-electron chi connectivity index (χ3n) is 6.35. The van der Waals surface area contributed by atoms with Crippen LogP contribution in [0.4, 0.5) is 0 Å². The van der Waals surface area contributed by atoms with E-state index in [1.165, 1.54) is 128 Å². The number of nitrogens with two attached hydrogens (primary N) is 1. The first-order chi connectivity index (χ1) is 14.6. The Labute approximate surface area is 193 Å². The fourth-order valence-corrected chi connectivity index (χ4v) is 4.13. The van der Waals surface area contributed by atoms with Crippen LogP contribution in [0.25, 0.3) is 0 Å². The summed E-state index contributed by atoms with van der Waals surface area (Å²) in [6.45, 7) is 12.9. The lowest BCUT2D eigenvalue weighted by atomic mass is 10.0. The van der Waals surface area contributed by atoms with E-state index in [4.69, 9.17) is 5.73 Å². The average molecular weight is 427 g/mol. The molecule has 2 nitrogen and oxygen atoms in total. The van der Waals surface area contributed by atoms with Crippen molar-refractivity contribution in [3.8, 4) is 0 Å². The molecule has 0 heterocycles. The van der Waals surface area contributed by atoms with Crippen molar-refractivity contribution in [3.63, 3.8) is 0 Å². The number of unbranched alkanes of at least 4 members (excludes halogenated alkanes) is 19. The Morgan fingerprint density at radius 2 is 0.633 bits per heavy atom. The summed E-state index contributed by atoms with van der Waals surface area (Å²) in [5.41, 5.74) is 5.58. The molecule has 2 N–H and O–H groups in total. The molecule has 0 saturated heterocycles. The zero-order valence-electron chi connectivity index (χ0n) is 22.2. The van der Waals surface area contributed by atoms with Gasteiger partial charge in [-0.25, -0.2) is 0 Å². The SMILES string of the molecule is CCCCCCCCCCCCCCCCCCCCCC.CCN(CC)C(C)N. The second-order valence-corrected chi connectivity index (χ2v) is 9.33. The highest BCUT2D eigenvalue weighted by molar-refractivity contribution is 4.54. The van der Waals surface area contributed by atoms with E-state index in [1.54, 1.807) is 0 Å². The number of hydrogen-bond donors (Lipinski definition) is 1. The van der Waals surface area contributed by atoms with E-state index in [9.17, 15) is 0 Å². The highest BCUT2D eigenvalue weighted by Crippen LogP contribution is 2.14. The van der Waals surface area contributed by atoms with Crippen molar-refractivity contribution in [2.24, 2.45) is 5.73 Å². The summed E-state index contributed by atoms with van der Waals surface area (Å²) in [6.07, 6.45) is 29.6. The zero-order valence-corrected chi connectivity index (χ0v) is 22.2. The summed E-state index contributed by atoms with van der Waals surface area (Å²) >= 11 is 0. The van der Waals surface area contributed by atoms with Crippen LogP contribution < -0.4 is 5.73 Å². The van der Waals surface area contributed by atoms with Crippen LogP contribution in [0.3, 0.4) is 0 Å². The van der Waals surface area contributed by atoms with Crippen LogP contribution in [0, 0.1) is 0 Å². The Kier molecular flexibility index (Phi) is 30.9. The Hall–Kier alpha value is -0.0800. The summed E-state index contributed by atoms with van der Waals surface area (Å²) in [5.74, 6) is 0. The van der Waals surface area contributed by atoms with Crippen LogP contribution in [0.2, 0.25) is 0 Å². The highest BCUT2D eigenvalue weighted by atomic mass is 15.2. The second kappa shape index (κ2) is 28.9. The van der Waals surface area contributed by atoms with E-state index in [2.05, 4.69) is 32.6 Å². The van der Waals surface area contributed by atoms with Crippen LogP contribution in [0.5, 0.6) is 0 Å². The van der Waals surface area contributed by atoms with Gasteiger partial charge in [-0.2, -0.15) is 0 Å². The van der Waals surface area contributed by atoms with Gasteiger partial charge in [-0.05, 0) is 20.0 Å². The third kappa shape index (κ3) is 27.9. The van der Waals surface area contributed by atoms with E-state index < -0.39 is 0 Å². The standard InChI is InChI=1S/C22H46.C6H16N2/c1-3-5-7-9-11-13-15-17-19-21-22-20-18-16-14-12-10-8-6-4-2;1-4-8(5-2)6(3)7/h3-22H2,1-2H3;6H,4-5,7H2,1-3H3. The first kappa shape index (κ1) is 32.1. The van der Waals surface area contributed by atoms with Gasteiger partial charge in [0.1, 0.15) is 0 Å². The fourth-order valence-electron chi connectivity index (χ4n) is 4.13. The lowest BCUT2D eigenvalue weighted by molar-refractivity contribution is 0.236. The van der Waals surface area contributed by atoms with Crippen molar-refractivity contribution in [3.05, 3.63) is 0 Å². The maximum atomic E-state index is 5.58. The molecule has 0 radical (unpaired) electrons. The van der Waals surface area contributed by atoms with Gasteiger partial charge in [-0.3, -0.25) is 4.90 Å². The summed E-state index contributed by atoms with van der Waals surface area (Å²) in [7, 11) is 0. The van der Waals surface area contributed by atoms with Crippen LogP contribution in [0.1, 0.15) is 163 Å². The molecule has 30 heavy (non-hydrogen) atoms. The van der Waals surface area contributed by atoms with Gasteiger partial charge in [-0.15, -0.1) is 0 Å². The molecule has 0 fully saturated rings. The molecular formula is C28H62N2. The number of rotatable bonds is 22. The van der Waals surface area contributed by atoms with E-state index in [0.29, 0.717) is 0 Å². The lowest BCUT2D eigenvalue weighted by Gasteiger charge is -2.21. The number of nitrogens with zero attached hydrogens (tertiary/aromatic N) is 1. The molecule has 0 aliphatic heterocycles. The van der Waals surface area contributed by atoms with Gasteiger partial charge in [-0.1, -0.05) is 156 Å². The van der Waals surface area contributed by atoms with Gasteiger partial charge < -0.3 is 5.73 Å². The van der Waals surface area contributed by atoms with E-state index in [0.717, 1.165) is 13.1 Å². The molecule has 0 bridgehead atoms. The molecule has 0 spiro atoms. The molecule has 0 aromatic heterocycles. The summed E-state index contributed by atoms with van der Waals surface area (Å²) in [4.78, 5) is 2.19. The minimum Gasteiger partial charge on any atom is -0.316 e. The van der Waals surface area contributed by atoms with Gasteiger partial charge in [0, 0.05) is 0 Å². The van der Waals surface area contributed by atoms with Crippen molar-refractivity contribution >= 4 is 0 Å². The van der Waals surface area contributed by atoms with Crippen molar-refractivity contribution in [1.82, 2.24) is 4.90 Å².